The number of nitrogens with one attached hydrogen (secondary N) is 1. The molecular weight excluding hydrogens is 336 g/mol. The van der Waals surface area contributed by atoms with Crippen LogP contribution in [-0.4, -0.2) is 27.5 Å². The van der Waals surface area contributed by atoms with Crippen molar-refractivity contribution in [2.75, 3.05) is 6.79 Å². The highest BCUT2D eigenvalue weighted by Crippen LogP contribution is 2.35. The molecule has 0 radical (unpaired) electrons. The summed E-state index contributed by atoms with van der Waals surface area (Å²) in [5, 5.41) is 2.77. The Kier molecular flexibility index (Phi) is 3.92. The number of pyridine rings is 1. The van der Waals surface area contributed by atoms with Gasteiger partial charge in [-0.3, -0.25) is 14.7 Å². The van der Waals surface area contributed by atoms with Crippen LogP contribution in [0.15, 0.2) is 47.4 Å². The van der Waals surface area contributed by atoms with E-state index in [1.165, 1.54) is 4.68 Å². The lowest BCUT2D eigenvalue weighted by molar-refractivity contribution is 0.0994. The second-order valence-corrected chi connectivity index (χ2v) is 5.81. The molecule has 4 rings (SSSR count). The number of aryl methyl sites for hydroxylation is 1. The highest BCUT2D eigenvalue weighted by atomic mass is 16.7. The quantitative estimate of drug-likeness (QED) is 0.716. The number of H-pyrrole nitrogens is 1. The first kappa shape index (κ1) is 15.9. The Morgan fingerprint density at radius 3 is 2.85 bits per heavy atom. The van der Waals surface area contributed by atoms with Crippen LogP contribution in [0.5, 0.6) is 11.5 Å². The number of hydrogen-bond donors (Lipinski definition) is 2. The normalized spacial score (nSPS) is 12.3. The van der Waals surface area contributed by atoms with E-state index in [9.17, 15) is 9.59 Å². The number of para-hydroxylation sites is 1. The monoisotopic (exact) mass is 352 g/mol. The van der Waals surface area contributed by atoms with Crippen LogP contribution in [0.2, 0.25) is 0 Å². The Balaban J connectivity index is 1.68. The summed E-state index contributed by atoms with van der Waals surface area (Å²) in [6.07, 6.45) is 2.40. The van der Waals surface area contributed by atoms with Crippen LogP contribution in [0.3, 0.4) is 0 Å². The number of hydrogen-bond acceptors (Lipinski definition) is 5. The third kappa shape index (κ3) is 2.71. The summed E-state index contributed by atoms with van der Waals surface area (Å²) in [7, 11) is 0. The molecule has 8 nitrogen and oxygen atoms in total. The van der Waals surface area contributed by atoms with Gasteiger partial charge in [0.2, 0.25) is 6.79 Å². The van der Waals surface area contributed by atoms with E-state index in [1.54, 1.807) is 24.4 Å². The van der Waals surface area contributed by atoms with Gasteiger partial charge in [-0.05, 0) is 36.6 Å². The first-order valence-electron chi connectivity index (χ1n) is 8.07. The molecule has 8 heteroatoms. The standard InChI is InChI=1S/C18H16N4O4/c19-17(23)15-12(18(24)22(21-15)14-6-1-2-9-20-14)8-7-11-4-3-5-13-16(11)26-10-25-13/h1-6,9,21H,7-8,10H2,(H2,19,23). The van der Waals surface area contributed by atoms with Crippen molar-refractivity contribution in [2.24, 2.45) is 5.73 Å². The lowest BCUT2D eigenvalue weighted by Gasteiger charge is -2.05. The molecular formula is C18H16N4O4. The molecule has 0 aliphatic carbocycles. The number of carbonyl (C=O) groups excluding carboxylic acids is 1. The predicted octanol–water partition coefficient (Wildman–Crippen LogP) is 1.17. The third-order valence-corrected chi connectivity index (χ3v) is 4.23. The summed E-state index contributed by atoms with van der Waals surface area (Å²) in [6, 6.07) is 10.8. The molecule has 0 atom stereocenters. The zero-order valence-electron chi connectivity index (χ0n) is 13.8. The van der Waals surface area contributed by atoms with Gasteiger partial charge in [0, 0.05) is 6.20 Å². The van der Waals surface area contributed by atoms with E-state index < -0.39 is 5.91 Å². The van der Waals surface area contributed by atoms with Gasteiger partial charge in [-0.15, -0.1) is 0 Å². The van der Waals surface area contributed by atoms with E-state index in [0.29, 0.717) is 35.7 Å². The van der Waals surface area contributed by atoms with Gasteiger partial charge in [0.25, 0.3) is 11.5 Å². The average Bonchev–Trinajstić information content (AvgIpc) is 3.25. The molecule has 1 aromatic carbocycles. The van der Waals surface area contributed by atoms with Crippen molar-refractivity contribution >= 4 is 5.91 Å². The second-order valence-electron chi connectivity index (χ2n) is 5.81. The molecule has 0 saturated heterocycles. The van der Waals surface area contributed by atoms with Gasteiger partial charge in [-0.25, -0.2) is 9.67 Å². The van der Waals surface area contributed by atoms with Gasteiger partial charge in [-0.1, -0.05) is 18.2 Å². The van der Waals surface area contributed by atoms with Gasteiger partial charge in [0.15, 0.2) is 17.3 Å². The molecule has 1 amide bonds. The van der Waals surface area contributed by atoms with Crippen molar-refractivity contribution in [3.8, 4) is 17.3 Å². The molecule has 0 saturated carbocycles. The highest BCUT2D eigenvalue weighted by Gasteiger charge is 2.22. The van der Waals surface area contributed by atoms with Crippen molar-refractivity contribution in [3.05, 3.63) is 69.8 Å². The summed E-state index contributed by atoms with van der Waals surface area (Å²) < 4.78 is 12.1. The zero-order valence-corrected chi connectivity index (χ0v) is 13.8. The molecule has 1 aliphatic rings. The van der Waals surface area contributed by atoms with Crippen LogP contribution in [0.1, 0.15) is 21.6 Å². The molecule has 0 spiro atoms. The molecule has 3 N–H and O–H groups in total. The minimum Gasteiger partial charge on any atom is -0.454 e. The molecule has 1 aliphatic heterocycles. The Morgan fingerprint density at radius 1 is 1.19 bits per heavy atom. The predicted molar refractivity (Wildman–Crippen MR) is 92.7 cm³/mol. The highest BCUT2D eigenvalue weighted by molar-refractivity contribution is 5.92. The Bertz CT molecular complexity index is 1020. The van der Waals surface area contributed by atoms with E-state index in [1.807, 2.05) is 18.2 Å². The van der Waals surface area contributed by atoms with Crippen LogP contribution in [0.25, 0.3) is 5.82 Å². The maximum Gasteiger partial charge on any atom is 0.276 e. The maximum absolute atomic E-state index is 12.8. The van der Waals surface area contributed by atoms with Crippen LogP contribution >= 0.6 is 0 Å². The summed E-state index contributed by atoms with van der Waals surface area (Å²) in [6.45, 7) is 0.176. The fraction of sp³-hybridized carbons (Fsp3) is 0.167. The number of benzene rings is 1. The van der Waals surface area contributed by atoms with Crippen LogP contribution in [0, 0.1) is 0 Å². The number of aromatic nitrogens is 3. The number of carbonyl (C=O) groups is 1. The molecule has 132 valence electrons. The zero-order chi connectivity index (χ0) is 18.1. The topological polar surface area (TPSA) is 112 Å². The molecule has 0 unspecified atom stereocenters. The van der Waals surface area contributed by atoms with Gasteiger partial charge < -0.3 is 15.2 Å². The van der Waals surface area contributed by atoms with E-state index in [0.717, 1.165) is 5.56 Å². The summed E-state index contributed by atoms with van der Waals surface area (Å²) in [5.41, 5.74) is 6.41. The Labute approximate surface area is 148 Å². The first-order chi connectivity index (χ1) is 12.6. The number of primary amides is 1. The van der Waals surface area contributed by atoms with Gasteiger partial charge >= 0.3 is 0 Å². The third-order valence-electron chi connectivity index (χ3n) is 4.23. The number of aromatic amines is 1. The van der Waals surface area contributed by atoms with Crippen molar-refractivity contribution in [3.63, 3.8) is 0 Å². The molecule has 26 heavy (non-hydrogen) atoms. The number of ether oxygens (including phenoxy) is 2. The smallest absolute Gasteiger partial charge is 0.276 e. The van der Waals surface area contributed by atoms with E-state index in [-0.39, 0.29) is 18.0 Å². The number of rotatable bonds is 5. The maximum atomic E-state index is 12.8. The van der Waals surface area contributed by atoms with Crippen LogP contribution in [-0.2, 0) is 12.8 Å². The molecule has 3 aromatic rings. The van der Waals surface area contributed by atoms with Crippen LogP contribution < -0.4 is 20.8 Å². The fourth-order valence-electron chi connectivity index (χ4n) is 3.00. The van der Waals surface area contributed by atoms with E-state index in [2.05, 4.69) is 10.1 Å². The summed E-state index contributed by atoms with van der Waals surface area (Å²) in [4.78, 5) is 28.7. The van der Waals surface area contributed by atoms with Gasteiger partial charge in [0.1, 0.15) is 5.69 Å². The second kappa shape index (κ2) is 6.40. The molecule has 2 aromatic heterocycles. The number of nitrogens with zero attached hydrogens (tertiary/aromatic N) is 2. The van der Waals surface area contributed by atoms with E-state index >= 15 is 0 Å². The largest absolute Gasteiger partial charge is 0.454 e. The van der Waals surface area contributed by atoms with Crippen molar-refractivity contribution < 1.29 is 14.3 Å². The molecule has 0 fully saturated rings. The molecule has 0 bridgehead atoms. The lowest BCUT2D eigenvalue weighted by atomic mass is 10.0. The van der Waals surface area contributed by atoms with Crippen LogP contribution in [0.4, 0.5) is 0 Å². The number of fused-ring (bicyclic) bond motifs is 1. The SMILES string of the molecule is NC(=O)c1[nH]n(-c2ccccn2)c(=O)c1CCc1cccc2c1OCO2. The van der Waals surface area contributed by atoms with Crippen molar-refractivity contribution in [1.82, 2.24) is 14.8 Å². The average molecular weight is 352 g/mol. The minimum atomic E-state index is -0.690. The molecule has 3 heterocycles. The number of amides is 1. The van der Waals surface area contributed by atoms with Gasteiger partial charge in [0.05, 0.1) is 5.56 Å². The fourth-order valence-corrected chi connectivity index (χ4v) is 3.00. The lowest BCUT2D eigenvalue weighted by Crippen LogP contribution is -2.19. The van der Waals surface area contributed by atoms with E-state index in [4.69, 9.17) is 15.2 Å². The van der Waals surface area contributed by atoms with Gasteiger partial charge in [-0.2, -0.15) is 0 Å². The first-order valence-corrected chi connectivity index (χ1v) is 8.07. The summed E-state index contributed by atoms with van der Waals surface area (Å²) in [5.74, 6) is 1.06. The number of nitrogens with two attached hydrogens (primary N) is 1. The summed E-state index contributed by atoms with van der Waals surface area (Å²) >= 11 is 0. The van der Waals surface area contributed by atoms with Crippen molar-refractivity contribution in [2.45, 2.75) is 12.8 Å². The Hall–Kier alpha value is -3.55. The minimum absolute atomic E-state index is 0.0883. The Morgan fingerprint density at radius 2 is 2.08 bits per heavy atom. The van der Waals surface area contributed by atoms with Crippen molar-refractivity contribution in [1.29, 1.82) is 0 Å².